The number of rotatable bonds is 9. The maximum Gasteiger partial charge on any atom is 0.240 e. The van der Waals surface area contributed by atoms with Crippen LogP contribution in [0.2, 0.25) is 0 Å². The predicted molar refractivity (Wildman–Crippen MR) is 86.7 cm³/mol. The zero-order valence-electron chi connectivity index (χ0n) is 12.3. The van der Waals surface area contributed by atoms with E-state index in [1.54, 1.807) is 23.9 Å². The normalized spacial score (nSPS) is 13.3. The van der Waals surface area contributed by atoms with Gasteiger partial charge in [0.15, 0.2) is 0 Å². The summed E-state index contributed by atoms with van der Waals surface area (Å²) in [6.45, 7) is 2.53. The Morgan fingerprint density at radius 1 is 1.20 bits per heavy atom. The van der Waals surface area contributed by atoms with Crippen molar-refractivity contribution in [2.24, 2.45) is 0 Å². The Kier molecular flexibility index (Phi) is 7.58. The monoisotopic (exact) mass is 316 g/mol. The average Bonchev–Trinajstić information content (AvgIpc) is 2.46. The second kappa shape index (κ2) is 8.67. The van der Waals surface area contributed by atoms with Crippen LogP contribution in [0.15, 0.2) is 29.2 Å². The van der Waals surface area contributed by atoms with Crippen molar-refractivity contribution < 1.29 is 8.42 Å². The van der Waals surface area contributed by atoms with Crippen molar-refractivity contribution in [3.63, 3.8) is 0 Å². The summed E-state index contributed by atoms with van der Waals surface area (Å²) in [5.74, 6) is 1.07. The molecule has 0 aliphatic rings. The first-order valence-electron chi connectivity index (χ1n) is 6.77. The fourth-order valence-electron chi connectivity index (χ4n) is 1.76. The molecule has 4 nitrogen and oxygen atoms in total. The van der Waals surface area contributed by atoms with Gasteiger partial charge in [0.2, 0.25) is 10.0 Å². The van der Waals surface area contributed by atoms with Gasteiger partial charge in [-0.1, -0.05) is 12.1 Å². The van der Waals surface area contributed by atoms with E-state index in [1.807, 2.05) is 26.1 Å². The lowest BCUT2D eigenvalue weighted by atomic mass is 10.1. The topological polar surface area (TPSA) is 58.2 Å². The van der Waals surface area contributed by atoms with Gasteiger partial charge in [0, 0.05) is 12.6 Å². The lowest BCUT2D eigenvalue weighted by Gasteiger charge is -2.11. The van der Waals surface area contributed by atoms with Gasteiger partial charge < -0.3 is 5.32 Å². The molecule has 1 rings (SSSR count). The summed E-state index contributed by atoms with van der Waals surface area (Å²) in [5.41, 5.74) is 1.08. The molecular formula is C14H24N2O2S2. The Hall–Kier alpha value is -0.560. The molecule has 0 amide bonds. The summed E-state index contributed by atoms with van der Waals surface area (Å²) in [7, 11) is -1.49. The van der Waals surface area contributed by atoms with Crippen LogP contribution in [0.25, 0.3) is 0 Å². The summed E-state index contributed by atoms with van der Waals surface area (Å²) < 4.78 is 26.8. The summed E-state index contributed by atoms with van der Waals surface area (Å²) in [6.07, 6.45) is 3.95. The van der Waals surface area contributed by atoms with Crippen LogP contribution in [-0.4, -0.2) is 34.0 Å². The average molecular weight is 316 g/mol. The van der Waals surface area contributed by atoms with E-state index in [9.17, 15) is 8.42 Å². The van der Waals surface area contributed by atoms with Gasteiger partial charge in [0.05, 0.1) is 4.90 Å². The van der Waals surface area contributed by atoms with Gasteiger partial charge in [-0.15, -0.1) is 0 Å². The van der Waals surface area contributed by atoms with E-state index < -0.39 is 10.0 Å². The summed E-state index contributed by atoms with van der Waals surface area (Å²) in [5, 5.41) is 3.13. The van der Waals surface area contributed by atoms with Crippen LogP contribution < -0.4 is 10.0 Å². The third kappa shape index (κ3) is 5.44. The SMILES string of the molecule is CNC(C)c1ccc(S(=O)(=O)NCCCCSC)cc1. The second-order valence-corrected chi connectivity index (χ2v) is 7.43. The van der Waals surface area contributed by atoms with E-state index in [0.29, 0.717) is 11.4 Å². The molecule has 0 aliphatic carbocycles. The minimum atomic E-state index is -3.37. The third-order valence-electron chi connectivity index (χ3n) is 3.19. The first kappa shape index (κ1) is 17.5. The van der Waals surface area contributed by atoms with Gasteiger partial charge in [0.25, 0.3) is 0 Å². The predicted octanol–water partition coefficient (Wildman–Crippen LogP) is 2.39. The van der Waals surface area contributed by atoms with Crippen molar-refractivity contribution in [3.05, 3.63) is 29.8 Å². The molecule has 0 saturated heterocycles. The van der Waals surface area contributed by atoms with E-state index >= 15 is 0 Å². The molecule has 0 aliphatic heterocycles. The van der Waals surface area contributed by atoms with Gasteiger partial charge in [-0.3, -0.25) is 0 Å². The van der Waals surface area contributed by atoms with Crippen LogP contribution in [0, 0.1) is 0 Å². The van der Waals surface area contributed by atoms with Gasteiger partial charge in [-0.25, -0.2) is 13.1 Å². The quantitative estimate of drug-likeness (QED) is 0.687. The summed E-state index contributed by atoms with van der Waals surface area (Å²) >= 11 is 1.78. The Morgan fingerprint density at radius 2 is 1.85 bits per heavy atom. The van der Waals surface area contributed by atoms with Gasteiger partial charge >= 0.3 is 0 Å². The van der Waals surface area contributed by atoms with Crippen LogP contribution in [0.3, 0.4) is 0 Å². The molecule has 1 aromatic rings. The molecule has 1 atom stereocenters. The van der Waals surface area contributed by atoms with Crippen molar-refractivity contribution in [2.45, 2.75) is 30.7 Å². The van der Waals surface area contributed by atoms with Crippen LogP contribution in [0.4, 0.5) is 0 Å². The first-order valence-corrected chi connectivity index (χ1v) is 9.65. The third-order valence-corrected chi connectivity index (χ3v) is 5.36. The molecule has 0 radical (unpaired) electrons. The van der Waals surface area contributed by atoms with E-state index in [2.05, 4.69) is 16.3 Å². The van der Waals surface area contributed by atoms with E-state index in [-0.39, 0.29) is 6.04 Å². The molecule has 0 heterocycles. The molecule has 114 valence electrons. The molecule has 20 heavy (non-hydrogen) atoms. The number of unbranched alkanes of at least 4 members (excludes halogenated alkanes) is 1. The minimum Gasteiger partial charge on any atom is -0.313 e. The number of sulfonamides is 1. The number of benzene rings is 1. The summed E-state index contributed by atoms with van der Waals surface area (Å²) in [4.78, 5) is 0.328. The van der Waals surface area contributed by atoms with E-state index in [0.717, 1.165) is 24.2 Å². The lowest BCUT2D eigenvalue weighted by Crippen LogP contribution is -2.25. The summed E-state index contributed by atoms with van der Waals surface area (Å²) in [6, 6.07) is 7.24. The van der Waals surface area contributed by atoms with Crippen molar-refractivity contribution >= 4 is 21.8 Å². The Labute approximate surface area is 126 Å². The lowest BCUT2D eigenvalue weighted by molar-refractivity contribution is 0.578. The fraction of sp³-hybridized carbons (Fsp3) is 0.571. The van der Waals surface area contributed by atoms with Crippen molar-refractivity contribution in [1.29, 1.82) is 0 Å². The highest BCUT2D eigenvalue weighted by Crippen LogP contribution is 2.15. The van der Waals surface area contributed by atoms with Crippen molar-refractivity contribution in [1.82, 2.24) is 10.0 Å². The van der Waals surface area contributed by atoms with Gasteiger partial charge in [-0.05, 0) is 56.5 Å². The van der Waals surface area contributed by atoms with Gasteiger partial charge in [0.1, 0.15) is 0 Å². The van der Waals surface area contributed by atoms with Crippen molar-refractivity contribution in [3.8, 4) is 0 Å². The highest BCUT2D eigenvalue weighted by atomic mass is 32.2. The second-order valence-electron chi connectivity index (χ2n) is 4.68. The molecule has 0 aromatic heterocycles. The Balaban J connectivity index is 2.59. The Bertz CT molecular complexity index is 486. The number of thioether (sulfide) groups is 1. The largest absolute Gasteiger partial charge is 0.313 e. The molecule has 6 heteroatoms. The molecule has 1 aromatic carbocycles. The van der Waals surface area contributed by atoms with E-state index in [4.69, 9.17) is 0 Å². The van der Waals surface area contributed by atoms with Crippen molar-refractivity contribution in [2.75, 3.05) is 25.6 Å². The number of hydrogen-bond acceptors (Lipinski definition) is 4. The molecule has 2 N–H and O–H groups in total. The zero-order chi connectivity index (χ0) is 15.0. The van der Waals surface area contributed by atoms with Gasteiger partial charge in [-0.2, -0.15) is 11.8 Å². The van der Waals surface area contributed by atoms with Crippen LogP contribution >= 0.6 is 11.8 Å². The molecule has 1 unspecified atom stereocenters. The zero-order valence-corrected chi connectivity index (χ0v) is 14.0. The molecule has 0 bridgehead atoms. The molecule has 0 saturated carbocycles. The molecule has 0 fully saturated rings. The minimum absolute atomic E-state index is 0.214. The molecule has 0 spiro atoms. The number of hydrogen-bond donors (Lipinski definition) is 2. The molecular weight excluding hydrogens is 292 g/mol. The fourth-order valence-corrected chi connectivity index (χ4v) is 3.33. The maximum absolute atomic E-state index is 12.1. The van der Waals surface area contributed by atoms with Crippen LogP contribution in [-0.2, 0) is 10.0 Å². The highest BCUT2D eigenvalue weighted by molar-refractivity contribution is 7.98. The van der Waals surface area contributed by atoms with E-state index in [1.165, 1.54) is 0 Å². The standard InChI is InChI=1S/C14H24N2O2S2/c1-12(15-2)13-6-8-14(9-7-13)20(17,18)16-10-4-5-11-19-3/h6-9,12,15-16H,4-5,10-11H2,1-3H3. The van der Waals surface area contributed by atoms with Crippen LogP contribution in [0.5, 0.6) is 0 Å². The smallest absolute Gasteiger partial charge is 0.240 e. The first-order chi connectivity index (χ1) is 9.51. The number of nitrogens with one attached hydrogen (secondary N) is 2. The maximum atomic E-state index is 12.1. The Morgan fingerprint density at radius 3 is 2.40 bits per heavy atom. The highest BCUT2D eigenvalue weighted by Gasteiger charge is 2.13. The van der Waals surface area contributed by atoms with Crippen LogP contribution in [0.1, 0.15) is 31.4 Å².